The van der Waals surface area contributed by atoms with Gasteiger partial charge in [0.1, 0.15) is 0 Å². The maximum atomic E-state index is 11.8. The van der Waals surface area contributed by atoms with E-state index in [0.717, 1.165) is 17.7 Å². The summed E-state index contributed by atoms with van der Waals surface area (Å²) in [7, 11) is 3.55. The van der Waals surface area contributed by atoms with Crippen LogP contribution in [0.25, 0.3) is 0 Å². The number of nitrogens with one attached hydrogen (secondary N) is 2. The van der Waals surface area contributed by atoms with Gasteiger partial charge in [-0.25, -0.2) is 0 Å². The summed E-state index contributed by atoms with van der Waals surface area (Å²) in [6, 6.07) is -0.220. The van der Waals surface area contributed by atoms with Crippen LogP contribution in [-0.4, -0.2) is 42.0 Å². The first kappa shape index (κ1) is 15.7. The molecule has 0 bridgehead atoms. The molecule has 0 aromatic carbocycles. The van der Waals surface area contributed by atoms with Crippen molar-refractivity contribution in [2.24, 2.45) is 7.05 Å². The highest BCUT2D eigenvalue weighted by Crippen LogP contribution is 2.04. The van der Waals surface area contributed by atoms with Crippen LogP contribution in [0.2, 0.25) is 0 Å². The SMILES string of the molecule is COCCCNC(=O)C(C)NCc1cn(C)nc1C. The predicted octanol–water partition coefficient (Wildman–Crippen LogP) is 0.359. The topological polar surface area (TPSA) is 68.2 Å². The van der Waals surface area contributed by atoms with Gasteiger partial charge in [-0.05, 0) is 20.3 Å². The number of hydrogen-bond acceptors (Lipinski definition) is 4. The second kappa shape index (κ2) is 7.91. The normalized spacial score (nSPS) is 12.4. The fourth-order valence-corrected chi connectivity index (χ4v) is 1.76. The van der Waals surface area contributed by atoms with E-state index in [9.17, 15) is 4.79 Å². The van der Waals surface area contributed by atoms with Gasteiger partial charge in [-0.2, -0.15) is 5.10 Å². The Kier molecular flexibility index (Phi) is 6.52. The van der Waals surface area contributed by atoms with Crippen molar-refractivity contribution in [1.29, 1.82) is 0 Å². The number of rotatable bonds is 8. The molecular formula is C13H24N4O2. The predicted molar refractivity (Wildman–Crippen MR) is 73.7 cm³/mol. The van der Waals surface area contributed by atoms with E-state index in [1.165, 1.54) is 0 Å². The number of ether oxygens (including phenoxy) is 1. The summed E-state index contributed by atoms with van der Waals surface area (Å²) in [5.74, 6) is 0.0117. The van der Waals surface area contributed by atoms with Crippen molar-refractivity contribution in [3.63, 3.8) is 0 Å². The third kappa shape index (κ3) is 5.40. The zero-order chi connectivity index (χ0) is 14.3. The molecule has 0 spiro atoms. The fourth-order valence-electron chi connectivity index (χ4n) is 1.76. The molecule has 0 saturated carbocycles. The molecule has 6 nitrogen and oxygen atoms in total. The molecule has 6 heteroatoms. The monoisotopic (exact) mass is 268 g/mol. The van der Waals surface area contributed by atoms with E-state index in [4.69, 9.17) is 4.74 Å². The third-order valence-electron chi connectivity index (χ3n) is 2.93. The maximum Gasteiger partial charge on any atom is 0.236 e. The van der Waals surface area contributed by atoms with Crippen molar-refractivity contribution in [1.82, 2.24) is 20.4 Å². The Bertz CT molecular complexity index is 403. The van der Waals surface area contributed by atoms with Crippen LogP contribution in [0.4, 0.5) is 0 Å². The average Bonchev–Trinajstić information content (AvgIpc) is 2.70. The lowest BCUT2D eigenvalue weighted by atomic mass is 10.2. The molecule has 19 heavy (non-hydrogen) atoms. The highest BCUT2D eigenvalue weighted by atomic mass is 16.5. The molecular weight excluding hydrogens is 244 g/mol. The van der Waals surface area contributed by atoms with Crippen molar-refractivity contribution in [2.75, 3.05) is 20.3 Å². The number of methoxy groups -OCH3 is 1. The van der Waals surface area contributed by atoms with E-state index in [2.05, 4.69) is 15.7 Å². The van der Waals surface area contributed by atoms with E-state index in [1.54, 1.807) is 11.8 Å². The first-order valence-corrected chi connectivity index (χ1v) is 6.53. The Hall–Kier alpha value is -1.40. The molecule has 0 radical (unpaired) electrons. The van der Waals surface area contributed by atoms with Gasteiger partial charge in [0.15, 0.2) is 0 Å². The lowest BCUT2D eigenvalue weighted by Gasteiger charge is -2.13. The smallest absolute Gasteiger partial charge is 0.236 e. The Morgan fingerprint density at radius 3 is 2.89 bits per heavy atom. The van der Waals surface area contributed by atoms with Crippen molar-refractivity contribution >= 4 is 5.91 Å². The first-order valence-electron chi connectivity index (χ1n) is 6.53. The molecule has 1 atom stereocenters. The number of amides is 1. The molecule has 2 N–H and O–H groups in total. The van der Waals surface area contributed by atoms with Crippen LogP contribution in [-0.2, 0) is 23.1 Å². The molecule has 0 fully saturated rings. The minimum Gasteiger partial charge on any atom is -0.385 e. The summed E-state index contributed by atoms with van der Waals surface area (Å²) < 4.78 is 6.71. The van der Waals surface area contributed by atoms with Gasteiger partial charge in [0.25, 0.3) is 0 Å². The number of nitrogens with zero attached hydrogens (tertiary/aromatic N) is 2. The van der Waals surface area contributed by atoms with Crippen LogP contribution in [0.15, 0.2) is 6.20 Å². The molecule has 1 rings (SSSR count). The number of carbonyl (C=O) groups is 1. The molecule has 1 heterocycles. The Balaban J connectivity index is 2.28. The van der Waals surface area contributed by atoms with Crippen LogP contribution in [0.3, 0.4) is 0 Å². The third-order valence-corrected chi connectivity index (χ3v) is 2.93. The van der Waals surface area contributed by atoms with E-state index >= 15 is 0 Å². The highest BCUT2D eigenvalue weighted by Gasteiger charge is 2.12. The second-order valence-electron chi connectivity index (χ2n) is 4.65. The quantitative estimate of drug-likeness (QED) is 0.668. The van der Waals surface area contributed by atoms with Crippen molar-refractivity contribution in [3.05, 3.63) is 17.5 Å². The molecule has 0 saturated heterocycles. The summed E-state index contributed by atoms with van der Waals surface area (Å²) in [4.78, 5) is 11.8. The summed E-state index contributed by atoms with van der Waals surface area (Å²) in [6.07, 6.45) is 2.79. The molecule has 1 aromatic rings. The van der Waals surface area contributed by atoms with Gasteiger partial charge in [0.05, 0.1) is 11.7 Å². The van der Waals surface area contributed by atoms with Crippen molar-refractivity contribution in [3.8, 4) is 0 Å². The standard InChI is InChI=1S/C13H24N4O2/c1-10-12(9-17(3)16-10)8-15-11(2)13(18)14-6-5-7-19-4/h9,11,15H,5-8H2,1-4H3,(H,14,18). The van der Waals surface area contributed by atoms with Crippen molar-refractivity contribution in [2.45, 2.75) is 32.9 Å². The van der Waals surface area contributed by atoms with Gasteiger partial charge in [0, 0.05) is 45.6 Å². The van der Waals surface area contributed by atoms with Gasteiger partial charge in [0.2, 0.25) is 5.91 Å². The summed E-state index contributed by atoms with van der Waals surface area (Å²) in [5.41, 5.74) is 2.10. The van der Waals surface area contributed by atoms with E-state index in [0.29, 0.717) is 19.7 Å². The summed E-state index contributed by atoms with van der Waals surface area (Å²) in [5, 5.41) is 10.3. The van der Waals surface area contributed by atoms with Crippen LogP contribution in [0, 0.1) is 6.92 Å². The lowest BCUT2D eigenvalue weighted by Crippen LogP contribution is -2.42. The Morgan fingerprint density at radius 1 is 1.58 bits per heavy atom. The van der Waals surface area contributed by atoms with Gasteiger partial charge in [-0.3, -0.25) is 9.48 Å². The van der Waals surface area contributed by atoms with Crippen LogP contribution in [0.1, 0.15) is 24.6 Å². The summed E-state index contributed by atoms with van der Waals surface area (Å²) >= 11 is 0. The number of aromatic nitrogens is 2. The minimum absolute atomic E-state index is 0.0117. The minimum atomic E-state index is -0.220. The maximum absolute atomic E-state index is 11.8. The molecule has 0 aliphatic carbocycles. The van der Waals surface area contributed by atoms with E-state index in [-0.39, 0.29) is 11.9 Å². The van der Waals surface area contributed by atoms with Gasteiger partial charge in [-0.1, -0.05) is 0 Å². The first-order chi connectivity index (χ1) is 9.04. The lowest BCUT2D eigenvalue weighted by molar-refractivity contribution is -0.122. The van der Waals surface area contributed by atoms with Gasteiger partial charge < -0.3 is 15.4 Å². The molecule has 1 unspecified atom stereocenters. The molecule has 108 valence electrons. The number of carbonyl (C=O) groups excluding carboxylic acids is 1. The molecule has 1 amide bonds. The Morgan fingerprint density at radius 2 is 2.32 bits per heavy atom. The zero-order valence-electron chi connectivity index (χ0n) is 12.2. The molecule has 0 aliphatic rings. The fraction of sp³-hybridized carbons (Fsp3) is 0.692. The number of aryl methyl sites for hydroxylation is 2. The molecule has 0 aliphatic heterocycles. The van der Waals surface area contributed by atoms with Crippen LogP contribution < -0.4 is 10.6 Å². The van der Waals surface area contributed by atoms with Crippen molar-refractivity contribution < 1.29 is 9.53 Å². The second-order valence-corrected chi connectivity index (χ2v) is 4.65. The highest BCUT2D eigenvalue weighted by molar-refractivity contribution is 5.81. The molecule has 1 aromatic heterocycles. The van der Waals surface area contributed by atoms with Gasteiger partial charge >= 0.3 is 0 Å². The zero-order valence-corrected chi connectivity index (χ0v) is 12.2. The van der Waals surface area contributed by atoms with Gasteiger partial charge in [-0.15, -0.1) is 0 Å². The van der Waals surface area contributed by atoms with E-state index < -0.39 is 0 Å². The van der Waals surface area contributed by atoms with Crippen LogP contribution >= 0.6 is 0 Å². The number of hydrogen-bond donors (Lipinski definition) is 2. The van der Waals surface area contributed by atoms with E-state index in [1.807, 2.05) is 27.1 Å². The average molecular weight is 268 g/mol. The largest absolute Gasteiger partial charge is 0.385 e. The Labute approximate surface area is 114 Å². The van der Waals surface area contributed by atoms with Crippen LogP contribution in [0.5, 0.6) is 0 Å². The summed E-state index contributed by atoms with van der Waals surface area (Å²) in [6.45, 7) is 5.78.